The number of hydrogen-bond acceptors (Lipinski definition) is 4. The number of ether oxygens (including phenoxy) is 1. The van der Waals surface area contributed by atoms with Crippen molar-refractivity contribution in [3.05, 3.63) is 71.4 Å². The molecule has 3 rings (SSSR count). The average molecular weight is 378 g/mol. The van der Waals surface area contributed by atoms with Crippen LogP contribution in [-0.2, 0) is 16.1 Å². The Hall–Kier alpha value is -3.08. The molecule has 1 aliphatic heterocycles. The number of rotatable bonds is 7. The highest BCUT2D eigenvalue weighted by Gasteiger charge is 2.41. The Morgan fingerprint density at radius 3 is 2.18 bits per heavy atom. The molecule has 5 heteroatoms. The molecule has 0 spiro atoms. The second-order valence-electron chi connectivity index (χ2n) is 7.10. The molecule has 0 aromatic heterocycles. The van der Waals surface area contributed by atoms with E-state index >= 15 is 0 Å². The molecule has 5 nitrogen and oxygen atoms in total. The molecule has 0 aliphatic carbocycles. The van der Waals surface area contributed by atoms with E-state index in [1.165, 1.54) is 4.90 Å². The normalized spacial score (nSPS) is 14.2. The van der Waals surface area contributed by atoms with Gasteiger partial charge >= 0.3 is 0 Å². The average Bonchev–Trinajstić information content (AvgIpc) is 2.94. The molecule has 2 aromatic rings. The van der Waals surface area contributed by atoms with Crippen LogP contribution in [0.1, 0.15) is 31.9 Å². The van der Waals surface area contributed by atoms with Crippen LogP contribution >= 0.6 is 0 Å². The van der Waals surface area contributed by atoms with Crippen molar-refractivity contribution in [2.24, 2.45) is 0 Å². The minimum absolute atomic E-state index is 0.208. The maximum absolute atomic E-state index is 13.1. The quantitative estimate of drug-likeness (QED) is 0.689. The van der Waals surface area contributed by atoms with Crippen molar-refractivity contribution < 1.29 is 14.3 Å². The molecule has 1 heterocycles. The lowest BCUT2D eigenvalue weighted by molar-refractivity contribution is -0.139. The van der Waals surface area contributed by atoms with Gasteiger partial charge in [-0.2, -0.15) is 0 Å². The van der Waals surface area contributed by atoms with E-state index in [9.17, 15) is 9.59 Å². The highest BCUT2D eigenvalue weighted by atomic mass is 16.5. The van der Waals surface area contributed by atoms with E-state index in [0.29, 0.717) is 24.4 Å². The molecule has 0 radical (unpaired) electrons. The number of benzene rings is 2. The fraction of sp³-hybridized carbons (Fsp3) is 0.304. The third-order valence-corrected chi connectivity index (χ3v) is 4.71. The number of likely N-dealkylation sites (N-methyl/N-ethyl adjacent to an activating group) is 1. The van der Waals surface area contributed by atoms with Crippen molar-refractivity contribution >= 4 is 17.4 Å². The smallest absolute Gasteiger partial charge is 0.278 e. The Labute approximate surface area is 166 Å². The summed E-state index contributed by atoms with van der Waals surface area (Å²) in [7, 11) is 1.85. The summed E-state index contributed by atoms with van der Waals surface area (Å²) in [6.45, 7) is 6.75. The van der Waals surface area contributed by atoms with Gasteiger partial charge in [0.2, 0.25) is 0 Å². The summed E-state index contributed by atoms with van der Waals surface area (Å²) in [4.78, 5) is 29.4. The van der Waals surface area contributed by atoms with Crippen molar-refractivity contribution in [3.63, 3.8) is 0 Å². The van der Waals surface area contributed by atoms with Crippen molar-refractivity contribution in [1.82, 2.24) is 9.80 Å². The first-order chi connectivity index (χ1) is 13.4. The van der Waals surface area contributed by atoms with E-state index in [2.05, 4.69) is 0 Å². The van der Waals surface area contributed by atoms with Gasteiger partial charge in [0.15, 0.2) is 0 Å². The number of imide groups is 1. The molecule has 28 heavy (non-hydrogen) atoms. The first-order valence-electron chi connectivity index (χ1n) is 9.54. The minimum atomic E-state index is -0.251. The highest BCUT2D eigenvalue weighted by molar-refractivity contribution is 6.35. The molecule has 146 valence electrons. The maximum Gasteiger partial charge on any atom is 0.278 e. The van der Waals surface area contributed by atoms with Gasteiger partial charge in [0.25, 0.3) is 11.8 Å². The van der Waals surface area contributed by atoms with Crippen LogP contribution in [0.5, 0.6) is 5.75 Å². The molecule has 2 aromatic carbocycles. The minimum Gasteiger partial charge on any atom is -0.494 e. The second-order valence-corrected chi connectivity index (χ2v) is 7.10. The Morgan fingerprint density at radius 1 is 0.964 bits per heavy atom. The second kappa shape index (κ2) is 8.30. The van der Waals surface area contributed by atoms with E-state index in [4.69, 9.17) is 4.74 Å². The molecular weight excluding hydrogens is 352 g/mol. The van der Waals surface area contributed by atoms with Crippen LogP contribution < -0.4 is 4.74 Å². The van der Waals surface area contributed by atoms with Gasteiger partial charge in [-0.1, -0.05) is 42.5 Å². The van der Waals surface area contributed by atoms with Crippen LogP contribution in [0.4, 0.5) is 0 Å². The van der Waals surface area contributed by atoms with Gasteiger partial charge in [-0.3, -0.25) is 14.5 Å². The molecule has 0 bridgehead atoms. The third-order valence-electron chi connectivity index (χ3n) is 4.71. The summed E-state index contributed by atoms with van der Waals surface area (Å²) < 4.78 is 5.50. The van der Waals surface area contributed by atoms with Gasteiger partial charge in [0, 0.05) is 19.6 Å². The van der Waals surface area contributed by atoms with E-state index in [1.807, 2.05) is 87.3 Å². The Morgan fingerprint density at radius 2 is 1.61 bits per heavy atom. The lowest BCUT2D eigenvalue weighted by atomic mass is 10.0. The summed E-state index contributed by atoms with van der Waals surface area (Å²) in [5.74, 6) is 0.241. The monoisotopic (exact) mass is 378 g/mol. The zero-order chi connectivity index (χ0) is 20.3. The number of carbonyl (C=O) groups is 2. The SMILES string of the molecule is CCOc1ccc(C2=C(N(C)Cc3ccccc3)C(=O)N(C(C)C)C2=O)cc1. The Bertz CT molecular complexity index is 886. The molecule has 0 saturated heterocycles. The molecule has 0 fully saturated rings. The van der Waals surface area contributed by atoms with E-state index < -0.39 is 0 Å². The van der Waals surface area contributed by atoms with Crippen molar-refractivity contribution in [2.45, 2.75) is 33.4 Å². The molecule has 0 saturated carbocycles. The summed E-state index contributed by atoms with van der Waals surface area (Å²) in [6, 6.07) is 17.0. The highest BCUT2D eigenvalue weighted by Crippen LogP contribution is 2.33. The van der Waals surface area contributed by atoms with Crippen LogP contribution in [0.25, 0.3) is 5.57 Å². The predicted molar refractivity (Wildman–Crippen MR) is 109 cm³/mol. The standard InChI is InChI=1S/C23H26N2O3/c1-5-28-19-13-11-18(12-14-19)20-21(23(27)25(16(2)3)22(20)26)24(4)15-17-9-7-6-8-10-17/h6-14,16H,5,15H2,1-4H3. The number of carbonyl (C=O) groups excluding carboxylic acids is 2. The van der Waals surface area contributed by atoms with Gasteiger partial charge in [0.1, 0.15) is 11.4 Å². The van der Waals surface area contributed by atoms with Crippen molar-refractivity contribution in [2.75, 3.05) is 13.7 Å². The largest absolute Gasteiger partial charge is 0.494 e. The lowest BCUT2D eigenvalue weighted by Gasteiger charge is -2.23. The van der Waals surface area contributed by atoms with E-state index in [0.717, 1.165) is 16.9 Å². The van der Waals surface area contributed by atoms with Crippen LogP contribution in [0.15, 0.2) is 60.3 Å². The van der Waals surface area contributed by atoms with E-state index in [1.54, 1.807) is 0 Å². The molecule has 0 atom stereocenters. The third kappa shape index (κ3) is 3.79. The molecular formula is C23H26N2O3. The van der Waals surface area contributed by atoms with Gasteiger partial charge in [-0.05, 0) is 44.0 Å². The number of nitrogens with zero attached hydrogens (tertiary/aromatic N) is 2. The molecule has 1 aliphatic rings. The zero-order valence-electron chi connectivity index (χ0n) is 16.8. The number of amides is 2. The predicted octanol–water partition coefficient (Wildman–Crippen LogP) is 3.71. The Balaban J connectivity index is 2.02. The molecule has 2 amide bonds. The zero-order valence-corrected chi connectivity index (χ0v) is 16.8. The summed E-state index contributed by atoms with van der Waals surface area (Å²) in [5.41, 5.74) is 2.68. The van der Waals surface area contributed by atoms with E-state index in [-0.39, 0.29) is 17.9 Å². The lowest BCUT2D eigenvalue weighted by Crippen LogP contribution is -2.39. The first-order valence-corrected chi connectivity index (χ1v) is 9.54. The number of hydrogen-bond donors (Lipinski definition) is 0. The first kappa shape index (κ1) is 19.7. The van der Waals surface area contributed by atoms with Crippen molar-refractivity contribution in [3.8, 4) is 5.75 Å². The molecule has 0 N–H and O–H groups in total. The van der Waals surface area contributed by atoms with Crippen LogP contribution in [0.3, 0.4) is 0 Å². The summed E-state index contributed by atoms with van der Waals surface area (Å²) in [6.07, 6.45) is 0. The Kier molecular flexibility index (Phi) is 5.83. The topological polar surface area (TPSA) is 49.9 Å². The fourth-order valence-corrected chi connectivity index (χ4v) is 3.44. The van der Waals surface area contributed by atoms with Crippen LogP contribution in [-0.4, -0.2) is 41.3 Å². The summed E-state index contributed by atoms with van der Waals surface area (Å²) in [5, 5.41) is 0. The summed E-state index contributed by atoms with van der Waals surface area (Å²) >= 11 is 0. The van der Waals surface area contributed by atoms with Gasteiger partial charge in [0.05, 0.1) is 12.2 Å². The molecule has 0 unspecified atom stereocenters. The maximum atomic E-state index is 13.1. The van der Waals surface area contributed by atoms with Gasteiger partial charge in [-0.15, -0.1) is 0 Å². The van der Waals surface area contributed by atoms with Crippen LogP contribution in [0.2, 0.25) is 0 Å². The fourth-order valence-electron chi connectivity index (χ4n) is 3.44. The van der Waals surface area contributed by atoms with Crippen LogP contribution in [0, 0.1) is 0 Å². The van der Waals surface area contributed by atoms with Gasteiger partial charge in [-0.25, -0.2) is 0 Å². The van der Waals surface area contributed by atoms with Crippen molar-refractivity contribution in [1.29, 1.82) is 0 Å². The van der Waals surface area contributed by atoms with Gasteiger partial charge < -0.3 is 9.64 Å².